The number of rotatable bonds is 6. The number of likely N-dealkylation sites (N-methyl/N-ethyl adjacent to an activating group) is 1. The van der Waals surface area contributed by atoms with Gasteiger partial charge in [0.25, 0.3) is 5.91 Å². The lowest BCUT2D eigenvalue weighted by molar-refractivity contribution is -0.139. The minimum absolute atomic E-state index is 0.147. The second-order valence-corrected chi connectivity index (χ2v) is 8.56. The number of amides is 3. The average molecular weight is 487 g/mol. The van der Waals surface area contributed by atoms with E-state index in [0.717, 1.165) is 0 Å². The van der Waals surface area contributed by atoms with Gasteiger partial charge in [0, 0.05) is 50.5 Å². The molecule has 0 bridgehead atoms. The van der Waals surface area contributed by atoms with E-state index in [-0.39, 0.29) is 18.5 Å². The van der Waals surface area contributed by atoms with Crippen LogP contribution in [0.4, 0.5) is 4.79 Å². The average Bonchev–Trinajstić information content (AvgIpc) is 3.37. The molecule has 4 rings (SSSR count). The quantitative estimate of drug-likeness (QED) is 0.631. The van der Waals surface area contributed by atoms with Crippen LogP contribution in [0, 0.1) is 0 Å². The number of carbonyl (C=O) groups excluding carboxylic acids is 3. The van der Waals surface area contributed by atoms with Crippen molar-refractivity contribution in [3.05, 3.63) is 70.3 Å². The Morgan fingerprint density at radius 2 is 1.94 bits per heavy atom. The van der Waals surface area contributed by atoms with Crippen LogP contribution in [0.2, 0.25) is 5.02 Å². The van der Waals surface area contributed by atoms with Crippen molar-refractivity contribution in [2.45, 2.75) is 13.0 Å². The highest BCUT2D eigenvalue weighted by molar-refractivity contribution is 6.30. The summed E-state index contributed by atoms with van der Waals surface area (Å²) >= 11 is 6.18. The number of hydrogen-bond donors (Lipinski definition) is 1. The van der Waals surface area contributed by atoms with Crippen LogP contribution < -0.4 is 5.32 Å². The first kappa shape index (κ1) is 23.8. The summed E-state index contributed by atoms with van der Waals surface area (Å²) in [5.74, 6) is -0.318. The first-order valence-corrected chi connectivity index (χ1v) is 11.5. The number of halogens is 1. The van der Waals surface area contributed by atoms with Crippen molar-refractivity contribution in [1.29, 1.82) is 0 Å². The van der Waals surface area contributed by atoms with Gasteiger partial charge in [-0.05, 0) is 36.8 Å². The van der Waals surface area contributed by atoms with E-state index in [9.17, 15) is 14.4 Å². The number of nitrogens with one attached hydrogen (secondary N) is 1. The predicted octanol–water partition coefficient (Wildman–Crippen LogP) is 2.90. The van der Waals surface area contributed by atoms with Crippen LogP contribution in [0.1, 0.15) is 29.1 Å². The van der Waals surface area contributed by atoms with Gasteiger partial charge in [0.05, 0.1) is 24.5 Å². The summed E-state index contributed by atoms with van der Waals surface area (Å²) in [6.07, 6.45) is 1.48. The zero-order chi connectivity index (χ0) is 24.2. The number of furan rings is 1. The van der Waals surface area contributed by atoms with Crippen molar-refractivity contribution in [1.82, 2.24) is 20.0 Å². The molecule has 0 aliphatic carbocycles. The van der Waals surface area contributed by atoms with Crippen LogP contribution in [0.15, 0.2) is 58.3 Å². The SMILES string of the molecule is CCOC(=O)C1=C(CN2CCN(C(=O)c3ccco3)CC2)N(C)C(=O)N[C@H]1c1cccc(Cl)c1. The maximum atomic E-state index is 13.1. The molecule has 180 valence electrons. The number of hydrogen-bond acceptors (Lipinski definition) is 6. The molecule has 1 aromatic heterocycles. The summed E-state index contributed by atoms with van der Waals surface area (Å²) < 4.78 is 10.6. The molecule has 34 heavy (non-hydrogen) atoms. The molecule has 3 heterocycles. The Balaban J connectivity index is 1.58. The highest BCUT2D eigenvalue weighted by Gasteiger charge is 2.38. The minimum atomic E-state index is -0.682. The van der Waals surface area contributed by atoms with Crippen LogP contribution >= 0.6 is 11.6 Å². The molecular formula is C24H27ClN4O5. The molecule has 3 amide bonds. The molecule has 1 atom stereocenters. The molecule has 1 N–H and O–H groups in total. The standard InChI is InChI=1S/C24H27ClN4O5/c1-3-33-23(31)20-18(27(2)24(32)26-21(20)16-6-4-7-17(25)14-16)15-28-9-11-29(12-10-28)22(30)19-8-5-13-34-19/h4-8,13-14,21H,3,9-12,15H2,1-2H3,(H,26,32)/t21-/m0/s1. The van der Waals surface area contributed by atoms with Gasteiger partial charge in [-0.3, -0.25) is 14.6 Å². The highest BCUT2D eigenvalue weighted by Crippen LogP contribution is 2.32. The predicted molar refractivity (Wildman–Crippen MR) is 125 cm³/mol. The van der Waals surface area contributed by atoms with Crippen molar-refractivity contribution in [2.75, 3.05) is 46.4 Å². The number of urea groups is 1. The lowest BCUT2D eigenvalue weighted by atomic mass is 9.94. The largest absolute Gasteiger partial charge is 0.463 e. The Hall–Kier alpha value is -3.30. The number of benzene rings is 1. The molecule has 1 saturated heterocycles. The third kappa shape index (κ3) is 4.95. The van der Waals surface area contributed by atoms with Gasteiger partial charge in [-0.25, -0.2) is 9.59 Å². The lowest BCUT2D eigenvalue weighted by Gasteiger charge is -2.39. The van der Waals surface area contributed by atoms with Gasteiger partial charge in [-0.2, -0.15) is 0 Å². The van der Waals surface area contributed by atoms with E-state index in [2.05, 4.69) is 10.2 Å². The third-order valence-corrected chi connectivity index (χ3v) is 6.25. The van der Waals surface area contributed by atoms with E-state index in [4.69, 9.17) is 20.8 Å². The monoisotopic (exact) mass is 486 g/mol. The maximum absolute atomic E-state index is 13.1. The fourth-order valence-electron chi connectivity index (χ4n) is 4.21. The zero-order valence-electron chi connectivity index (χ0n) is 19.1. The Kier molecular flexibility index (Phi) is 7.23. The van der Waals surface area contributed by atoms with Gasteiger partial charge in [0.15, 0.2) is 5.76 Å². The molecule has 2 aliphatic rings. The van der Waals surface area contributed by atoms with E-state index < -0.39 is 12.0 Å². The number of nitrogens with zero attached hydrogens (tertiary/aromatic N) is 3. The summed E-state index contributed by atoms with van der Waals surface area (Å²) in [5.41, 5.74) is 1.64. The van der Waals surface area contributed by atoms with Gasteiger partial charge in [0.1, 0.15) is 0 Å². The van der Waals surface area contributed by atoms with Crippen molar-refractivity contribution in [2.24, 2.45) is 0 Å². The number of esters is 1. The molecule has 0 unspecified atom stereocenters. The summed E-state index contributed by atoms with van der Waals surface area (Å²) in [4.78, 5) is 43.8. The summed E-state index contributed by atoms with van der Waals surface area (Å²) in [5, 5.41) is 3.40. The zero-order valence-corrected chi connectivity index (χ0v) is 19.9. The molecule has 0 spiro atoms. The second-order valence-electron chi connectivity index (χ2n) is 8.12. The Morgan fingerprint density at radius 1 is 1.18 bits per heavy atom. The van der Waals surface area contributed by atoms with Gasteiger partial charge in [-0.1, -0.05) is 23.7 Å². The summed E-state index contributed by atoms with van der Waals surface area (Å²) in [6, 6.07) is 9.40. The molecule has 2 aliphatic heterocycles. The molecule has 2 aromatic rings. The number of carbonyl (C=O) groups is 3. The Morgan fingerprint density at radius 3 is 2.59 bits per heavy atom. The van der Waals surface area contributed by atoms with Gasteiger partial charge >= 0.3 is 12.0 Å². The van der Waals surface area contributed by atoms with Crippen molar-refractivity contribution >= 4 is 29.5 Å². The van der Waals surface area contributed by atoms with Gasteiger partial charge in [-0.15, -0.1) is 0 Å². The number of piperazine rings is 1. The summed E-state index contributed by atoms with van der Waals surface area (Å²) in [6.45, 7) is 4.50. The van der Waals surface area contributed by atoms with E-state index >= 15 is 0 Å². The number of ether oxygens (including phenoxy) is 1. The molecule has 0 radical (unpaired) electrons. The van der Waals surface area contributed by atoms with Gasteiger partial charge < -0.3 is 19.4 Å². The molecule has 9 nitrogen and oxygen atoms in total. The van der Waals surface area contributed by atoms with Crippen molar-refractivity contribution in [3.8, 4) is 0 Å². The Bertz CT molecular complexity index is 1090. The summed E-state index contributed by atoms with van der Waals surface area (Å²) in [7, 11) is 1.63. The van der Waals surface area contributed by atoms with Crippen LogP contribution in [0.25, 0.3) is 0 Å². The maximum Gasteiger partial charge on any atom is 0.338 e. The molecular weight excluding hydrogens is 460 g/mol. The van der Waals surface area contributed by atoms with E-state index in [1.54, 1.807) is 49.2 Å². The Labute approximate surface area is 202 Å². The second kappa shape index (κ2) is 10.3. The third-order valence-electron chi connectivity index (χ3n) is 6.02. The first-order valence-electron chi connectivity index (χ1n) is 11.1. The first-order chi connectivity index (χ1) is 16.4. The molecule has 1 aromatic carbocycles. The fraction of sp³-hybridized carbons (Fsp3) is 0.375. The van der Waals surface area contributed by atoms with Gasteiger partial charge in [0.2, 0.25) is 0 Å². The molecule has 0 saturated carbocycles. The minimum Gasteiger partial charge on any atom is -0.463 e. The van der Waals surface area contributed by atoms with E-state index in [1.807, 2.05) is 6.07 Å². The van der Waals surface area contributed by atoms with Crippen LogP contribution in [-0.2, 0) is 9.53 Å². The lowest BCUT2D eigenvalue weighted by Crippen LogP contribution is -2.53. The normalized spacial score (nSPS) is 19.3. The molecule has 1 fully saturated rings. The van der Waals surface area contributed by atoms with Crippen LogP contribution in [0.3, 0.4) is 0 Å². The van der Waals surface area contributed by atoms with E-state index in [1.165, 1.54) is 11.2 Å². The van der Waals surface area contributed by atoms with Crippen LogP contribution in [0.5, 0.6) is 0 Å². The van der Waals surface area contributed by atoms with Crippen molar-refractivity contribution in [3.63, 3.8) is 0 Å². The fourth-order valence-corrected chi connectivity index (χ4v) is 4.41. The highest BCUT2D eigenvalue weighted by atomic mass is 35.5. The van der Waals surface area contributed by atoms with Crippen LogP contribution in [-0.4, -0.2) is 79.0 Å². The van der Waals surface area contributed by atoms with E-state index in [0.29, 0.717) is 60.3 Å². The molecule has 10 heteroatoms. The topological polar surface area (TPSA) is 95.3 Å². The smallest absolute Gasteiger partial charge is 0.338 e. The van der Waals surface area contributed by atoms with Crippen molar-refractivity contribution < 1.29 is 23.5 Å².